The number of carbonyl (C=O) groups is 1. The molecular formula is C13H11ClFN3O3. The molecule has 0 bridgehead atoms. The Balaban J connectivity index is 1.89. The van der Waals surface area contributed by atoms with Crippen LogP contribution in [0, 0.1) is 15.9 Å². The van der Waals surface area contributed by atoms with Gasteiger partial charge in [0, 0.05) is 12.0 Å². The van der Waals surface area contributed by atoms with Crippen LogP contribution >= 0.6 is 11.6 Å². The van der Waals surface area contributed by atoms with Gasteiger partial charge in [0.1, 0.15) is 5.82 Å². The second-order valence-corrected chi connectivity index (χ2v) is 4.76. The van der Waals surface area contributed by atoms with Crippen molar-refractivity contribution in [2.75, 3.05) is 0 Å². The summed E-state index contributed by atoms with van der Waals surface area (Å²) >= 11 is 5.66. The summed E-state index contributed by atoms with van der Waals surface area (Å²) in [7, 11) is 0. The van der Waals surface area contributed by atoms with Gasteiger partial charge in [-0.1, -0.05) is 11.6 Å². The molecule has 0 saturated heterocycles. The highest BCUT2D eigenvalue weighted by molar-refractivity contribution is 6.32. The van der Waals surface area contributed by atoms with E-state index in [1.54, 1.807) is 0 Å². The zero-order chi connectivity index (χ0) is 15.4. The fraction of sp³-hybridized carbons (Fsp3) is 0.231. The summed E-state index contributed by atoms with van der Waals surface area (Å²) in [6.45, 7) is 0.334. The number of carbonyl (C=O) groups excluding carboxylic acids is 1. The topological polar surface area (TPSA) is 78.0 Å². The number of hydrogen-bond acceptors (Lipinski definition) is 4. The lowest BCUT2D eigenvalue weighted by molar-refractivity contribution is -0.389. The maximum atomic E-state index is 12.7. The molecule has 0 radical (unpaired) electrons. The van der Waals surface area contributed by atoms with Crippen molar-refractivity contribution in [3.05, 3.63) is 57.0 Å². The summed E-state index contributed by atoms with van der Waals surface area (Å²) in [4.78, 5) is 21.8. The van der Waals surface area contributed by atoms with Crippen molar-refractivity contribution < 1.29 is 14.1 Å². The Morgan fingerprint density at radius 2 is 2.05 bits per heavy atom. The normalized spacial score (nSPS) is 10.6. The molecule has 2 aromatic rings. The molecule has 8 heteroatoms. The van der Waals surface area contributed by atoms with E-state index in [1.807, 2.05) is 0 Å². The second-order valence-electron chi connectivity index (χ2n) is 4.35. The zero-order valence-corrected chi connectivity index (χ0v) is 11.6. The molecule has 2 rings (SSSR count). The number of ketones is 1. The second kappa shape index (κ2) is 6.45. The largest absolute Gasteiger partial charge is 0.408 e. The number of hydrogen-bond donors (Lipinski definition) is 0. The molecule has 0 unspecified atom stereocenters. The van der Waals surface area contributed by atoms with E-state index >= 15 is 0 Å². The van der Waals surface area contributed by atoms with Gasteiger partial charge in [0.05, 0.1) is 17.8 Å². The van der Waals surface area contributed by atoms with Gasteiger partial charge in [0.15, 0.2) is 10.8 Å². The van der Waals surface area contributed by atoms with Crippen molar-refractivity contribution >= 4 is 23.2 Å². The third-order valence-electron chi connectivity index (χ3n) is 2.83. The molecule has 0 aliphatic rings. The van der Waals surface area contributed by atoms with Gasteiger partial charge in [-0.25, -0.2) is 4.39 Å². The lowest BCUT2D eigenvalue weighted by Gasteiger charge is -2.00. The van der Waals surface area contributed by atoms with Gasteiger partial charge in [-0.2, -0.15) is 4.68 Å². The van der Waals surface area contributed by atoms with E-state index in [-0.39, 0.29) is 17.2 Å². The Bertz CT molecular complexity index is 670. The van der Waals surface area contributed by atoms with Crippen LogP contribution in [0.25, 0.3) is 0 Å². The van der Waals surface area contributed by atoms with Crippen molar-refractivity contribution in [1.29, 1.82) is 0 Å². The molecule has 1 aromatic heterocycles. The predicted molar refractivity (Wildman–Crippen MR) is 73.9 cm³/mol. The van der Waals surface area contributed by atoms with Crippen molar-refractivity contribution in [3.8, 4) is 0 Å². The molecule has 0 aliphatic heterocycles. The molecule has 0 saturated carbocycles. The van der Waals surface area contributed by atoms with Crippen molar-refractivity contribution in [2.24, 2.45) is 0 Å². The SMILES string of the molecule is O=C(CCCn1cc(Cl)c([N+](=O)[O-])n1)c1ccc(F)cc1. The zero-order valence-electron chi connectivity index (χ0n) is 10.8. The van der Waals surface area contributed by atoms with E-state index in [0.29, 0.717) is 18.5 Å². The van der Waals surface area contributed by atoms with Crippen LogP contribution in [0.3, 0.4) is 0 Å². The highest BCUT2D eigenvalue weighted by Crippen LogP contribution is 2.21. The summed E-state index contributed by atoms with van der Waals surface area (Å²) in [5, 5.41) is 14.3. The molecule has 1 aromatic carbocycles. The maximum Gasteiger partial charge on any atom is 0.408 e. The molecule has 0 N–H and O–H groups in total. The molecular weight excluding hydrogens is 301 g/mol. The van der Waals surface area contributed by atoms with Crippen LogP contribution in [-0.2, 0) is 6.54 Å². The number of benzene rings is 1. The van der Waals surface area contributed by atoms with Gasteiger partial charge < -0.3 is 10.1 Å². The number of aromatic nitrogens is 2. The number of rotatable bonds is 6. The third-order valence-corrected chi connectivity index (χ3v) is 3.10. The van der Waals surface area contributed by atoms with E-state index in [9.17, 15) is 19.3 Å². The van der Waals surface area contributed by atoms with E-state index in [1.165, 1.54) is 35.1 Å². The Morgan fingerprint density at radius 3 is 2.62 bits per heavy atom. The van der Waals surface area contributed by atoms with Crippen LogP contribution in [-0.4, -0.2) is 20.5 Å². The fourth-order valence-electron chi connectivity index (χ4n) is 1.81. The molecule has 0 aliphatic carbocycles. The van der Waals surface area contributed by atoms with E-state index < -0.39 is 16.6 Å². The highest BCUT2D eigenvalue weighted by Gasteiger charge is 2.18. The van der Waals surface area contributed by atoms with Crippen molar-refractivity contribution in [2.45, 2.75) is 19.4 Å². The molecule has 0 amide bonds. The number of halogens is 2. The molecule has 0 spiro atoms. The molecule has 0 atom stereocenters. The van der Waals surface area contributed by atoms with Crippen LogP contribution < -0.4 is 0 Å². The van der Waals surface area contributed by atoms with Crippen LogP contribution in [0.15, 0.2) is 30.5 Å². The van der Waals surface area contributed by atoms with E-state index in [0.717, 1.165) is 0 Å². The molecule has 0 fully saturated rings. The minimum absolute atomic E-state index is 0.0372. The maximum absolute atomic E-state index is 12.7. The minimum atomic E-state index is -0.664. The molecule has 21 heavy (non-hydrogen) atoms. The highest BCUT2D eigenvalue weighted by atomic mass is 35.5. The van der Waals surface area contributed by atoms with Gasteiger partial charge >= 0.3 is 5.82 Å². The van der Waals surface area contributed by atoms with Gasteiger partial charge in [0.2, 0.25) is 0 Å². The Hall–Kier alpha value is -2.28. The minimum Gasteiger partial charge on any atom is -0.358 e. The van der Waals surface area contributed by atoms with E-state index in [4.69, 9.17) is 11.6 Å². The summed E-state index contributed by atoms with van der Waals surface area (Å²) in [5.74, 6) is -0.922. The van der Waals surface area contributed by atoms with Gasteiger partial charge in [-0.05, 0) is 35.6 Å². The van der Waals surface area contributed by atoms with Crippen LogP contribution in [0.4, 0.5) is 10.2 Å². The lowest BCUT2D eigenvalue weighted by atomic mass is 10.1. The molecule has 6 nitrogen and oxygen atoms in total. The van der Waals surface area contributed by atoms with Crippen molar-refractivity contribution in [3.63, 3.8) is 0 Å². The Morgan fingerprint density at radius 1 is 1.38 bits per heavy atom. The standard InChI is InChI=1S/C13H11ClFN3O3/c14-11-8-17(16-13(11)18(20)21)7-1-2-12(19)9-3-5-10(15)6-4-9/h3-6,8H,1-2,7H2. The van der Waals surface area contributed by atoms with Crippen LogP contribution in [0.1, 0.15) is 23.2 Å². The quantitative estimate of drug-likeness (QED) is 0.466. The fourth-order valence-corrected chi connectivity index (χ4v) is 2.03. The Labute approximate surface area is 124 Å². The van der Waals surface area contributed by atoms with Crippen LogP contribution in [0.2, 0.25) is 5.02 Å². The molecule has 1 heterocycles. The van der Waals surface area contributed by atoms with Crippen molar-refractivity contribution in [1.82, 2.24) is 9.78 Å². The van der Waals surface area contributed by atoms with Gasteiger partial charge in [-0.15, -0.1) is 0 Å². The summed E-state index contributed by atoms with van der Waals surface area (Å²) < 4.78 is 14.1. The monoisotopic (exact) mass is 311 g/mol. The van der Waals surface area contributed by atoms with Gasteiger partial charge in [-0.3, -0.25) is 4.79 Å². The number of Topliss-reactive ketones (excluding diaryl/α,β-unsaturated/α-hetero) is 1. The first-order chi connectivity index (χ1) is 9.97. The first kappa shape index (κ1) is 15.1. The van der Waals surface area contributed by atoms with Gasteiger partial charge in [0.25, 0.3) is 0 Å². The molecule has 110 valence electrons. The first-order valence-corrected chi connectivity index (χ1v) is 6.51. The number of nitro groups is 1. The number of nitrogens with zero attached hydrogens (tertiary/aromatic N) is 3. The van der Waals surface area contributed by atoms with Crippen LogP contribution in [0.5, 0.6) is 0 Å². The smallest absolute Gasteiger partial charge is 0.358 e. The Kier molecular flexibility index (Phi) is 4.64. The first-order valence-electron chi connectivity index (χ1n) is 6.13. The summed E-state index contributed by atoms with van der Waals surface area (Å²) in [6, 6.07) is 5.30. The third kappa shape index (κ3) is 3.85. The average Bonchev–Trinajstić information content (AvgIpc) is 2.80. The lowest BCUT2D eigenvalue weighted by Crippen LogP contribution is -2.04. The summed E-state index contributed by atoms with van der Waals surface area (Å²) in [5.41, 5.74) is 0.431. The average molecular weight is 312 g/mol. The van der Waals surface area contributed by atoms with E-state index in [2.05, 4.69) is 5.10 Å². The summed E-state index contributed by atoms with van der Waals surface area (Å²) in [6.07, 6.45) is 2.03. The number of aryl methyl sites for hydroxylation is 1. The predicted octanol–water partition coefficient (Wildman–Crippen LogP) is 3.25.